The highest BCUT2D eigenvalue weighted by atomic mass is 16.5. The molecular weight excluding hydrogens is 282 g/mol. The number of carbonyl (C=O) groups is 2. The molecule has 6 nitrogen and oxygen atoms in total. The molecular formula is C16H17N3O3. The van der Waals surface area contributed by atoms with Crippen LogP contribution in [0.1, 0.15) is 15.9 Å². The Kier molecular flexibility index (Phi) is 5.11. The molecule has 0 atom stereocenters. The van der Waals surface area contributed by atoms with Crippen molar-refractivity contribution in [3.05, 3.63) is 59.7 Å². The zero-order valence-electron chi connectivity index (χ0n) is 11.9. The maximum Gasteiger partial charge on any atom is 0.262 e. The normalized spacial score (nSPS) is 10.0. The van der Waals surface area contributed by atoms with E-state index in [1.807, 2.05) is 12.1 Å². The Balaban J connectivity index is 2.00. The Morgan fingerprint density at radius 3 is 2.45 bits per heavy atom. The van der Waals surface area contributed by atoms with Crippen molar-refractivity contribution in [3.8, 4) is 5.75 Å². The van der Waals surface area contributed by atoms with Gasteiger partial charge in [-0.1, -0.05) is 30.3 Å². The Bertz CT molecular complexity index is 686. The van der Waals surface area contributed by atoms with Gasteiger partial charge >= 0.3 is 0 Å². The number of ether oxygens (including phenoxy) is 1. The molecule has 2 rings (SSSR count). The number of nitrogens with one attached hydrogen (secondary N) is 1. The third-order valence-corrected chi connectivity index (χ3v) is 3.02. The first-order valence-electron chi connectivity index (χ1n) is 6.71. The summed E-state index contributed by atoms with van der Waals surface area (Å²) in [6, 6.07) is 13.7. The van der Waals surface area contributed by atoms with E-state index >= 15 is 0 Å². The topological polar surface area (TPSA) is 107 Å². The van der Waals surface area contributed by atoms with Gasteiger partial charge in [0.25, 0.3) is 11.8 Å². The first-order valence-corrected chi connectivity index (χ1v) is 6.71. The zero-order valence-corrected chi connectivity index (χ0v) is 11.9. The average Bonchev–Trinajstić information content (AvgIpc) is 2.53. The zero-order chi connectivity index (χ0) is 15.9. The third-order valence-electron chi connectivity index (χ3n) is 3.02. The molecule has 0 spiro atoms. The predicted octanol–water partition coefficient (Wildman–Crippen LogP) is 1.26. The van der Waals surface area contributed by atoms with Crippen molar-refractivity contribution >= 4 is 17.5 Å². The molecule has 2 amide bonds. The highest BCUT2D eigenvalue weighted by molar-refractivity contribution is 5.96. The van der Waals surface area contributed by atoms with Crippen LogP contribution in [0, 0.1) is 0 Å². The number of carbonyl (C=O) groups excluding carboxylic acids is 2. The van der Waals surface area contributed by atoms with Crippen LogP contribution in [-0.2, 0) is 11.3 Å². The average molecular weight is 299 g/mol. The number of anilines is 1. The Morgan fingerprint density at radius 1 is 1.05 bits per heavy atom. The van der Waals surface area contributed by atoms with E-state index in [2.05, 4.69) is 5.32 Å². The quantitative estimate of drug-likeness (QED) is 0.746. The van der Waals surface area contributed by atoms with Gasteiger partial charge in [-0.3, -0.25) is 9.59 Å². The first kappa shape index (κ1) is 15.5. The number of para-hydroxylation sites is 2. The molecule has 0 aliphatic heterocycles. The van der Waals surface area contributed by atoms with Gasteiger partial charge in [-0.25, -0.2) is 0 Å². The molecule has 0 unspecified atom stereocenters. The van der Waals surface area contributed by atoms with Crippen LogP contribution in [0.3, 0.4) is 0 Å². The molecule has 0 aliphatic carbocycles. The van der Waals surface area contributed by atoms with Crippen LogP contribution in [0.15, 0.2) is 48.5 Å². The fourth-order valence-corrected chi connectivity index (χ4v) is 1.95. The molecule has 114 valence electrons. The van der Waals surface area contributed by atoms with Gasteiger partial charge in [0.05, 0.1) is 5.56 Å². The van der Waals surface area contributed by atoms with Gasteiger partial charge in [-0.15, -0.1) is 0 Å². The summed E-state index contributed by atoms with van der Waals surface area (Å²) in [6.07, 6.45) is 0. The molecule has 5 N–H and O–H groups in total. The SMILES string of the molecule is NCc1ccccc1NC(=O)COc1ccccc1C(N)=O. The van der Waals surface area contributed by atoms with Crippen LogP contribution in [-0.4, -0.2) is 18.4 Å². The molecule has 6 heteroatoms. The molecule has 0 radical (unpaired) electrons. The van der Waals surface area contributed by atoms with E-state index in [-0.39, 0.29) is 23.8 Å². The van der Waals surface area contributed by atoms with Crippen LogP contribution in [0.4, 0.5) is 5.69 Å². The lowest BCUT2D eigenvalue weighted by molar-refractivity contribution is -0.118. The summed E-state index contributed by atoms with van der Waals surface area (Å²) in [5.41, 5.74) is 12.6. The molecule has 0 saturated carbocycles. The molecule has 0 saturated heterocycles. The van der Waals surface area contributed by atoms with Crippen molar-refractivity contribution < 1.29 is 14.3 Å². The van der Waals surface area contributed by atoms with Crippen molar-refractivity contribution in [1.29, 1.82) is 0 Å². The van der Waals surface area contributed by atoms with Crippen molar-refractivity contribution in [2.24, 2.45) is 11.5 Å². The monoisotopic (exact) mass is 299 g/mol. The lowest BCUT2D eigenvalue weighted by Crippen LogP contribution is -2.22. The number of benzene rings is 2. The lowest BCUT2D eigenvalue weighted by atomic mass is 10.2. The van der Waals surface area contributed by atoms with Crippen LogP contribution < -0.4 is 21.5 Å². The first-order chi connectivity index (χ1) is 10.6. The Morgan fingerprint density at radius 2 is 1.73 bits per heavy atom. The van der Waals surface area contributed by atoms with Crippen LogP contribution in [0.25, 0.3) is 0 Å². The van der Waals surface area contributed by atoms with E-state index in [1.165, 1.54) is 0 Å². The summed E-state index contributed by atoms with van der Waals surface area (Å²) in [4.78, 5) is 23.2. The molecule has 0 bridgehead atoms. The summed E-state index contributed by atoms with van der Waals surface area (Å²) in [5, 5.41) is 2.72. The summed E-state index contributed by atoms with van der Waals surface area (Å²) >= 11 is 0. The second-order valence-corrected chi connectivity index (χ2v) is 4.56. The summed E-state index contributed by atoms with van der Waals surface area (Å²) in [7, 11) is 0. The number of nitrogens with two attached hydrogens (primary N) is 2. The number of hydrogen-bond donors (Lipinski definition) is 3. The van der Waals surface area contributed by atoms with Gasteiger partial charge in [0, 0.05) is 12.2 Å². The fraction of sp³-hybridized carbons (Fsp3) is 0.125. The number of rotatable bonds is 6. The van der Waals surface area contributed by atoms with Gasteiger partial charge in [-0.2, -0.15) is 0 Å². The van der Waals surface area contributed by atoms with Crippen LogP contribution in [0.5, 0.6) is 5.75 Å². The molecule has 0 heterocycles. The molecule has 0 aliphatic rings. The highest BCUT2D eigenvalue weighted by Gasteiger charge is 2.11. The minimum absolute atomic E-state index is 0.233. The van der Waals surface area contributed by atoms with E-state index in [9.17, 15) is 9.59 Å². The van der Waals surface area contributed by atoms with Gasteiger partial charge < -0.3 is 21.5 Å². The van der Waals surface area contributed by atoms with Gasteiger partial charge in [0.15, 0.2) is 6.61 Å². The standard InChI is InChI=1S/C16H17N3O3/c17-9-11-5-1-3-7-13(11)19-15(20)10-22-14-8-4-2-6-12(14)16(18)21/h1-8H,9-10,17H2,(H2,18,21)(H,19,20). The summed E-state index contributed by atoms with van der Waals surface area (Å²) in [6.45, 7) is 0.0883. The van der Waals surface area contributed by atoms with E-state index < -0.39 is 5.91 Å². The Labute approximate surface area is 128 Å². The fourth-order valence-electron chi connectivity index (χ4n) is 1.95. The maximum absolute atomic E-state index is 11.9. The maximum atomic E-state index is 11.9. The molecule has 2 aromatic carbocycles. The number of amides is 2. The van der Waals surface area contributed by atoms with E-state index in [0.29, 0.717) is 12.2 Å². The Hall–Kier alpha value is -2.86. The smallest absolute Gasteiger partial charge is 0.262 e. The summed E-state index contributed by atoms with van der Waals surface area (Å²) < 4.78 is 5.36. The van der Waals surface area contributed by atoms with Crippen molar-refractivity contribution in [2.75, 3.05) is 11.9 Å². The third kappa shape index (κ3) is 3.83. The largest absolute Gasteiger partial charge is 0.483 e. The summed E-state index contributed by atoms with van der Waals surface area (Å²) in [5.74, 6) is -0.679. The number of primary amides is 1. The molecule has 2 aromatic rings. The van der Waals surface area contributed by atoms with Gasteiger partial charge in [0.1, 0.15) is 5.75 Å². The van der Waals surface area contributed by atoms with Crippen molar-refractivity contribution in [1.82, 2.24) is 0 Å². The second-order valence-electron chi connectivity index (χ2n) is 4.56. The predicted molar refractivity (Wildman–Crippen MR) is 83.4 cm³/mol. The van der Waals surface area contributed by atoms with Crippen LogP contribution >= 0.6 is 0 Å². The van der Waals surface area contributed by atoms with Crippen LogP contribution in [0.2, 0.25) is 0 Å². The number of hydrogen-bond acceptors (Lipinski definition) is 4. The molecule has 22 heavy (non-hydrogen) atoms. The van der Waals surface area contributed by atoms with Crippen molar-refractivity contribution in [2.45, 2.75) is 6.54 Å². The second kappa shape index (κ2) is 7.24. The minimum Gasteiger partial charge on any atom is -0.483 e. The van der Waals surface area contributed by atoms with E-state index in [4.69, 9.17) is 16.2 Å². The van der Waals surface area contributed by atoms with Crippen molar-refractivity contribution in [3.63, 3.8) is 0 Å². The van der Waals surface area contributed by atoms with Gasteiger partial charge in [-0.05, 0) is 23.8 Å². The lowest BCUT2D eigenvalue weighted by Gasteiger charge is -2.11. The van der Waals surface area contributed by atoms with E-state index in [0.717, 1.165) is 5.56 Å². The molecule has 0 aromatic heterocycles. The molecule has 0 fully saturated rings. The minimum atomic E-state index is -0.607. The highest BCUT2D eigenvalue weighted by Crippen LogP contribution is 2.18. The van der Waals surface area contributed by atoms with Gasteiger partial charge in [0.2, 0.25) is 0 Å². The van der Waals surface area contributed by atoms with E-state index in [1.54, 1.807) is 36.4 Å².